The van der Waals surface area contributed by atoms with Crippen LogP contribution in [0.2, 0.25) is 0 Å². The molecule has 3 rings (SSSR count). The van der Waals surface area contributed by atoms with Crippen LogP contribution in [-0.2, 0) is 20.7 Å². The fourth-order valence-corrected chi connectivity index (χ4v) is 4.92. The number of rotatable bonds is 8. The van der Waals surface area contributed by atoms with Gasteiger partial charge < -0.3 is 14.5 Å². The monoisotopic (exact) mass is 412 g/mol. The topological polar surface area (TPSA) is 49.9 Å². The van der Waals surface area contributed by atoms with Gasteiger partial charge >= 0.3 is 5.97 Å². The number of para-hydroxylation sites is 1. The summed E-state index contributed by atoms with van der Waals surface area (Å²) in [6, 6.07) is 17.5. The van der Waals surface area contributed by atoms with Crippen molar-refractivity contribution in [3.63, 3.8) is 0 Å². The molecule has 1 atom stereocenters. The molecule has 1 heterocycles. The van der Waals surface area contributed by atoms with E-state index in [4.69, 9.17) is 4.74 Å². The smallest absolute Gasteiger partial charge is 0.332 e. The van der Waals surface area contributed by atoms with E-state index in [1.165, 1.54) is 11.8 Å². The summed E-state index contributed by atoms with van der Waals surface area (Å²) in [5.41, 5.74) is 1.81. The number of ether oxygens (including phenoxy) is 1. The van der Waals surface area contributed by atoms with Crippen LogP contribution in [0.5, 0.6) is 0 Å². The third kappa shape index (κ3) is 4.65. The lowest BCUT2D eigenvalue weighted by atomic mass is 9.95. The minimum absolute atomic E-state index is 0.192. The van der Waals surface area contributed by atoms with Gasteiger partial charge in [-0.2, -0.15) is 0 Å². The van der Waals surface area contributed by atoms with E-state index in [9.17, 15) is 9.59 Å². The second kappa shape index (κ2) is 9.46. The Morgan fingerprint density at radius 3 is 2.48 bits per heavy atom. The number of hydrogen-bond donors (Lipinski definition) is 0. The van der Waals surface area contributed by atoms with E-state index in [1.807, 2.05) is 68.7 Å². The molecule has 5 nitrogen and oxygen atoms in total. The summed E-state index contributed by atoms with van der Waals surface area (Å²) in [5, 5.41) is 0. The molecule has 0 fully saturated rings. The van der Waals surface area contributed by atoms with Crippen LogP contribution in [0.1, 0.15) is 18.9 Å². The number of nitrogens with zero attached hydrogens (tertiary/aromatic N) is 2. The Labute approximate surface area is 177 Å². The fourth-order valence-electron chi connectivity index (χ4n) is 3.54. The molecule has 154 valence electrons. The number of benzene rings is 2. The fraction of sp³-hybridized carbons (Fsp3) is 0.391. The lowest BCUT2D eigenvalue weighted by Crippen LogP contribution is -2.56. The van der Waals surface area contributed by atoms with Crippen LogP contribution in [0, 0.1) is 0 Å². The van der Waals surface area contributed by atoms with Gasteiger partial charge in [-0.3, -0.25) is 4.79 Å². The number of fused-ring (bicyclic) bond motifs is 1. The minimum atomic E-state index is -1.32. The molecular formula is C23H28N2O3S. The van der Waals surface area contributed by atoms with E-state index in [-0.39, 0.29) is 12.5 Å². The quantitative estimate of drug-likeness (QED) is 0.490. The van der Waals surface area contributed by atoms with Crippen molar-refractivity contribution < 1.29 is 14.3 Å². The Hall–Kier alpha value is -2.31. The highest BCUT2D eigenvalue weighted by Gasteiger charge is 2.54. The van der Waals surface area contributed by atoms with Crippen molar-refractivity contribution in [3.05, 3.63) is 60.2 Å². The summed E-state index contributed by atoms with van der Waals surface area (Å²) < 4.78 is 4.10. The van der Waals surface area contributed by atoms with E-state index in [1.54, 1.807) is 11.8 Å². The molecule has 1 unspecified atom stereocenters. The highest BCUT2D eigenvalue weighted by molar-refractivity contribution is 8.02. The zero-order valence-electron chi connectivity index (χ0n) is 17.3. The molecule has 1 aliphatic rings. The molecule has 6 heteroatoms. The Bertz CT molecular complexity index is 856. The Kier molecular flexibility index (Phi) is 6.98. The van der Waals surface area contributed by atoms with Crippen molar-refractivity contribution in [3.8, 4) is 0 Å². The molecule has 0 aliphatic carbocycles. The first-order valence-electron chi connectivity index (χ1n) is 9.94. The van der Waals surface area contributed by atoms with Gasteiger partial charge in [-0.25, -0.2) is 4.79 Å². The molecule has 0 saturated heterocycles. The number of esters is 1. The zero-order chi connectivity index (χ0) is 20.9. The van der Waals surface area contributed by atoms with Crippen molar-refractivity contribution in [2.24, 2.45) is 0 Å². The second-order valence-corrected chi connectivity index (χ2v) is 8.73. The van der Waals surface area contributed by atoms with Gasteiger partial charge in [0, 0.05) is 17.9 Å². The standard InChI is InChI=1S/C23H28N2O3S/c1-4-28-22(27)23(17-18-11-6-5-7-12-18)21(26)25(16-10-15-24(2)3)19-13-8-9-14-20(19)29-23/h5-9,11-14H,4,10,15-17H2,1-3H3. The lowest BCUT2D eigenvalue weighted by molar-refractivity contribution is -0.149. The normalized spacial score (nSPS) is 18.6. The summed E-state index contributed by atoms with van der Waals surface area (Å²) in [5.74, 6) is -0.659. The molecular weight excluding hydrogens is 384 g/mol. The summed E-state index contributed by atoms with van der Waals surface area (Å²) in [6.45, 7) is 3.44. The van der Waals surface area contributed by atoms with Crippen LogP contribution in [0.4, 0.5) is 5.69 Å². The number of amides is 1. The van der Waals surface area contributed by atoms with Crippen LogP contribution in [0.15, 0.2) is 59.5 Å². The third-order valence-electron chi connectivity index (χ3n) is 4.92. The summed E-state index contributed by atoms with van der Waals surface area (Å²) in [7, 11) is 4.03. The van der Waals surface area contributed by atoms with Crippen LogP contribution in [-0.4, -0.2) is 55.3 Å². The maximum atomic E-state index is 13.8. The molecule has 0 bridgehead atoms. The van der Waals surface area contributed by atoms with Gasteiger partial charge in [-0.05, 0) is 51.7 Å². The number of carbonyl (C=O) groups excluding carboxylic acids is 2. The predicted octanol–water partition coefficient (Wildman–Crippen LogP) is 3.62. The highest BCUT2D eigenvalue weighted by Crippen LogP contribution is 2.47. The molecule has 2 aromatic carbocycles. The van der Waals surface area contributed by atoms with Crippen LogP contribution < -0.4 is 4.90 Å². The molecule has 0 spiro atoms. The van der Waals surface area contributed by atoms with Crippen LogP contribution >= 0.6 is 11.8 Å². The highest BCUT2D eigenvalue weighted by atomic mass is 32.2. The van der Waals surface area contributed by atoms with Gasteiger partial charge in [0.2, 0.25) is 4.75 Å². The van der Waals surface area contributed by atoms with E-state index in [2.05, 4.69) is 4.90 Å². The van der Waals surface area contributed by atoms with Crippen molar-refractivity contribution in [2.45, 2.75) is 29.4 Å². The largest absolute Gasteiger partial charge is 0.465 e. The number of carbonyl (C=O) groups is 2. The summed E-state index contributed by atoms with van der Waals surface area (Å²) in [6.07, 6.45) is 1.12. The van der Waals surface area contributed by atoms with Gasteiger partial charge in [0.15, 0.2) is 0 Å². The van der Waals surface area contributed by atoms with E-state index in [0.717, 1.165) is 29.1 Å². The zero-order valence-corrected chi connectivity index (χ0v) is 18.1. The SMILES string of the molecule is CCOC(=O)C1(Cc2ccccc2)Sc2ccccc2N(CCCN(C)C)C1=O. The first kappa shape index (κ1) is 21.4. The Balaban J connectivity index is 2.02. The van der Waals surface area contributed by atoms with E-state index >= 15 is 0 Å². The minimum Gasteiger partial charge on any atom is -0.465 e. The van der Waals surface area contributed by atoms with Crippen molar-refractivity contribution >= 4 is 29.3 Å². The number of thioether (sulfide) groups is 1. The average Bonchev–Trinajstić information content (AvgIpc) is 2.71. The van der Waals surface area contributed by atoms with Crippen LogP contribution in [0.3, 0.4) is 0 Å². The summed E-state index contributed by atoms with van der Waals surface area (Å²) >= 11 is 1.32. The summed E-state index contributed by atoms with van der Waals surface area (Å²) in [4.78, 5) is 31.8. The number of anilines is 1. The third-order valence-corrected chi connectivity index (χ3v) is 6.32. The Morgan fingerprint density at radius 2 is 1.79 bits per heavy atom. The number of hydrogen-bond acceptors (Lipinski definition) is 5. The van der Waals surface area contributed by atoms with Gasteiger partial charge in [-0.1, -0.05) is 54.2 Å². The van der Waals surface area contributed by atoms with Crippen molar-refractivity contribution in [2.75, 3.05) is 38.7 Å². The first-order chi connectivity index (χ1) is 14.0. The molecule has 0 radical (unpaired) electrons. The van der Waals surface area contributed by atoms with Crippen molar-refractivity contribution in [1.29, 1.82) is 0 Å². The maximum Gasteiger partial charge on any atom is 0.332 e. The molecule has 0 N–H and O–H groups in total. The van der Waals surface area contributed by atoms with Gasteiger partial charge in [0.1, 0.15) is 0 Å². The molecule has 0 saturated carbocycles. The van der Waals surface area contributed by atoms with E-state index < -0.39 is 10.7 Å². The van der Waals surface area contributed by atoms with Gasteiger partial charge in [0.25, 0.3) is 5.91 Å². The Morgan fingerprint density at radius 1 is 1.10 bits per heavy atom. The lowest BCUT2D eigenvalue weighted by Gasteiger charge is -2.40. The van der Waals surface area contributed by atoms with E-state index in [0.29, 0.717) is 13.0 Å². The van der Waals surface area contributed by atoms with Crippen LogP contribution in [0.25, 0.3) is 0 Å². The molecule has 29 heavy (non-hydrogen) atoms. The molecule has 1 amide bonds. The van der Waals surface area contributed by atoms with Gasteiger partial charge in [0.05, 0.1) is 12.3 Å². The first-order valence-corrected chi connectivity index (χ1v) is 10.8. The maximum absolute atomic E-state index is 13.8. The predicted molar refractivity (Wildman–Crippen MR) is 117 cm³/mol. The average molecular weight is 413 g/mol. The molecule has 1 aliphatic heterocycles. The second-order valence-electron chi connectivity index (χ2n) is 7.39. The van der Waals surface area contributed by atoms with Crippen molar-refractivity contribution in [1.82, 2.24) is 4.90 Å². The molecule has 2 aromatic rings. The molecule has 0 aromatic heterocycles. The van der Waals surface area contributed by atoms with Gasteiger partial charge in [-0.15, -0.1) is 0 Å².